The van der Waals surface area contributed by atoms with Crippen molar-refractivity contribution >= 4 is 15.9 Å². The van der Waals surface area contributed by atoms with E-state index >= 15 is 0 Å². The molecule has 0 unspecified atom stereocenters. The molecule has 0 radical (unpaired) electrons. The monoisotopic (exact) mass is 200 g/mol. The average Bonchev–Trinajstić information content (AvgIpc) is 2.33. The van der Waals surface area contributed by atoms with Crippen molar-refractivity contribution < 1.29 is 0 Å². The van der Waals surface area contributed by atoms with Crippen molar-refractivity contribution in [3.05, 3.63) is 22.8 Å². The van der Waals surface area contributed by atoms with Gasteiger partial charge in [0.2, 0.25) is 0 Å². The zero-order valence-corrected chi connectivity index (χ0v) is 6.62. The molecule has 1 atom stereocenters. The molecule has 0 saturated heterocycles. The van der Waals surface area contributed by atoms with Gasteiger partial charge in [0.25, 0.3) is 0 Å². The molecule has 0 aromatic carbocycles. The minimum atomic E-state index is 0.0429. The van der Waals surface area contributed by atoms with Crippen LogP contribution in [0.2, 0.25) is 0 Å². The summed E-state index contributed by atoms with van der Waals surface area (Å²) in [5, 5.41) is 9.34. The van der Waals surface area contributed by atoms with Gasteiger partial charge in [-0.05, 0) is 28.1 Å². The fourth-order valence-electron chi connectivity index (χ4n) is 0.842. The average molecular weight is 201 g/mol. The summed E-state index contributed by atoms with van der Waals surface area (Å²) in [5.74, 6) is 0. The Morgan fingerprint density at radius 3 is 3.50 bits per heavy atom. The Kier molecular flexibility index (Phi) is 1.23. The number of nitrogens with one attached hydrogen (secondary N) is 1. The van der Waals surface area contributed by atoms with Gasteiger partial charge in [-0.1, -0.05) is 5.22 Å². The van der Waals surface area contributed by atoms with Gasteiger partial charge in [0.15, 0.2) is 6.17 Å². The molecule has 0 amide bonds. The Balaban J connectivity index is 2.25. The van der Waals surface area contributed by atoms with Gasteiger partial charge in [-0.15, -0.1) is 5.11 Å². The van der Waals surface area contributed by atoms with Crippen molar-refractivity contribution in [1.82, 2.24) is 10.5 Å². The highest BCUT2D eigenvalue weighted by Gasteiger charge is 2.19. The SMILES string of the molecule is BrC1=CN2NN=N[C@@H]2C=C1. The Hall–Kier alpha value is -0.840. The third-order valence-corrected chi connectivity index (χ3v) is 1.78. The van der Waals surface area contributed by atoms with E-state index in [0.29, 0.717) is 0 Å². The molecule has 0 saturated carbocycles. The summed E-state index contributed by atoms with van der Waals surface area (Å²) in [6.07, 6.45) is 5.84. The van der Waals surface area contributed by atoms with Crippen LogP contribution < -0.4 is 5.53 Å². The molecule has 2 heterocycles. The van der Waals surface area contributed by atoms with E-state index in [1.54, 1.807) is 0 Å². The van der Waals surface area contributed by atoms with Gasteiger partial charge < -0.3 is 0 Å². The van der Waals surface area contributed by atoms with E-state index in [2.05, 4.69) is 31.8 Å². The van der Waals surface area contributed by atoms with Crippen LogP contribution in [0.25, 0.3) is 0 Å². The first-order valence-electron chi connectivity index (χ1n) is 2.85. The summed E-state index contributed by atoms with van der Waals surface area (Å²) in [7, 11) is 0. The Morgan fingerprint density at radius 1 is 1.70 bits per heavy atom. The molecule has 0 fully saturated rings. The first-order valence-corrected chi connectivity index (χ1v) is 3.65. The second-order valence-corrected chi connectivity index (χ2v) is 2.93. The van der Waals surface area contributed by atoms with Crippen LogP contribution in [0.3, 0.4) is 0 Å². The summed E-state index contributed by atoms with van der Waals surface area (Å²) >= 11 is 3.33. The lowest BCUT2D eigenvalue weighted by atomic mass is 10.3. The lowest BCUT2D eigenvalue weighted by Crippen LogP contribution is -2.32. The highest BCUT2D eigenvalue weighted by Crippen LogP contribution is 2.19. The van der Waals surface area contributed by atoms with Crippen LogP contribution in [0, 0.1) is 0 Å². The van der Waals surface area contributed by atoms with Crippen LogP contribution in [-0.2, 0) is 0 Å². The number of hydrogen-bond donors (Lipinski definition) is 1. The van der Waals surface area contributed by atoms with Crippen molar-refractivity contribution in [1.29, 1.82) is 0 Å². The zero-order valence-electron chi connectivity index (χ0n) is 5.03. The predicted octanol–water partition coefficient (Wildman–Crippen LogP) is 1.31. The van der Waals surface area contributed by atoms with Crippen molar-refractivity contribution in [2.24, 2.45) is 10.3 Å². The largest absolute Gasteiger partial charge is 0.247 e. The second kappa shape index (κ2) is 2.09. The number of nitrogens with zero attached hydrogens (tertiary/aromatic N) is 3. The smallest absolute Gasteiger partial charge is 0.182 e. The van der Waals surface area contributed by atoms with E-state index in [1.807, 2.05) is 23.4 Å². The predicted molar refractivity (Wildman–Crippen MR) is 39.8 cm³/mol. The standard InChI is InChI=1S/C5H5BrN4/c6-4-1-2-5-7-8-9-10(5)3-4/h1-3,5H,(H,7,9)/t5-/m0/s1. The Bertz CT molecular complexity index is 232. The molecule has 0 aliphatic carbocycles. The molecule has 52 valence electrons. The van der Waals surface area contributed by atoms with Crippen molar-refractivity contribution in [3.63, 3.8) is 0 Å². The van der Waals surface area contributed by atoms with Crippen molar-refractivity contribution in [2.45, 2.75) is 6.17 Å². The maximum Gasteiger partial charge on any atom is 0.182 e. The zero-order chi connectivity index (χ0) is 6.97. The fourth-order valence-corrected chi connectivity index (χ4v) is 1.21. The van der Waals surface area contributed by atoms with Gasteiger partial charge in [-0.2, -0.15) is 5.53 Å². The van der Waals surface area contributed by atoms with E-state index in [1.165, 1.54) is 0 Å². The van der Waals surface area contributed by atoms with E-state index in [4.69, 9.17) is 0 Å². The first kappa shape index (κ1) is 5.91. The minimum Gasteiger partial charge on any atom is -0.247 e. The lowest BCUT2D eigenvalue weighted by Gasteiger charge is -2.18. The lowest BCUT2D eigenvalue weighted by molar-refractivity contribution is 0.287. The molecule has 5 heteroatoms. The summed E-state index contributed by atoms with van der Waals surface area (Å²) in [5.41, 5.74) is 2.72. The molecule has 2 rings (SSSR count). The van der Waals surface area contributed by atoms with Crippen LogP contribution in [0.15, 0.2) is 33.2 Å². The summed E-state index contributed by atoms with van der Waals surface area (Å²) in [4.78, 5) is 0. The molecular formula is C5H5BrN4. The van der Waals surface area contributed by atoms with Crippen LogP contribution in [0.4, 0.5) is 0 Å². The molecular weight excluding hydrogens is 196 g/mol. The highest BCUT2D eigenvalue weighted by molar-refractivity contribution is 9.11. The minimum absolute atomic E-state index is 0.0429. The summed E-state index contributed by atoms with van der Waals surface area (Å²) < 4.78 is 1.02. The molecule has 0 spiro atoms. The third-order valence-electron chi connectivity index (χ3n) is 1.31. The highest BCUT2D eigenvalue weighted by atomic mass is 79.9. The number of allylic oxidation sites excluding steroid dienone is 2. The fraction of sp³-hybridized carbons (Fsp3) is 0.200. The number of rotatable bonds is 0. The summed E-state index contributed by atoms with van der Waals surface area (Å²) in [6.45, 7) is 0. The van der Waals surface area contributed by atoms with Gasteiger partial charge in [0.1, 0.15) is 0 Å². The Morgan fingerprint density at radius 2 is 2.60 bits per heavy atom. The summed E-state index contributed by atoms with van der Waals surface area (Å²) in [6, 6.07) is 0. The molecule has 0 aromatic rings. The quantitative estimate of drug-likeness (QED) is 0.641. The van der Waals surface area contributed by atoms with Crippen molar-refractivity contribution in [2.75, 3.05) is 0 Å². The molecule has 2 aliphatic rings. The molecule has 10 heavy (non-hydrogen) atoms. The van der Waals surface area contributed by atoms with E-state index in [0.717, 1.165) is 4.48 Å². The van der Waals surface area contributed by atoms with E-state index < -0.39 is 0 Å². The number of halogens is 1. The van der Waals surface area contributed by atoms with Gasteiger partial charge in [-0.25, -0.2) is 5.01 Å². The van der Waals surface area contributed by atoms with E-state index in [9.17, 15) is 0 Å². The Labute approximate surface area is 66.4 Å². The van der Waals surface area contributed by atoms with Crippen LogP contribution in [-0.4, -0.2) is 11.2 Å². The second-order valence-electron chi connectivity index (χ2n) is 2.01. The molecule has 4 nitrogen and oxygen atoms in total. The van der Waals surface area contributed by atoms with E-state index in [-0.39, 0.29) is 6.17 Å². The number of fused-ring (bicyclic) bond motifs is 1. The molecule has 0 bridgehead atoms. The topological polar surface area (TPSA) is 40.0 Å². The van der Waals surface area contributed by atoms with Crippen LogP contribution in [0.1, 0.15) is 0 Å². The molecule has 1 N–H and O–H groups in total. The van der Waals surface area contributed by atoms with Crippen LogP contribution >= 0.6 is 15.9 Å². The number of hydrazine groups is 1. The molecule has 2 aliphatic heterocycles. The molecule has 0 aromatic heterocycles. The normalized spacial score (nSPS) is 27.9. The number of hydrogen-bond acceptors (Lipinski definition) is 4. The maximum absolute atomic E-state index is 3.88. The van der Waals surface area contributed by atoms with Gasteiger partial charge >= 0.3 is 0 Å². The van der Waals surface area contributed by atoms with Crippen molar-refractivity contribution in [3.8, 4) is 0 Å². The third kappa shape index (κ3) is 0.824. The van der Waals surface area contributed by atoms with Gasteiger partial charge in [-0.3, -0.25) is 0 Å². The first-order chi connectivity index (χ1) is 4.86. The van der Waals surface area contributed by atoms with Gasteiger partial charge in [0, 0.05) is 10.7 Å². The van der Waals surface area contributed by atoms with Gasteiger partial charge in [0.05, 0.1) is 0 Å². The maximum atomic E-state index is 3.88. The van der Waals surface area contributed by atoms with Crippen LogP contribution in [0.5, 0.6) is 0 Å².